The summed E-state index contributed by atoms with van der Waals surface area (Å²) in [7, 11) is 0. The second-order valence-corrected chi connectivity index (χ2v) is 8.91. The topological polar surface area (TPSA) is 67.6 Å². The first kappa shape index (κ1) is 20.2. The molecule has 3 heterocycles. The first-order valence-corrected chi connectivity index (χ1v) is 11.8. The van der Waals surface area contributed by atoms with Gasteiger partial charge in [0, 0.05) is 36.4 Å². The van der Waals surface area contributed by atoms with Crippen molar-refractivity contribution >= 4 is 23.0 Å². The van der Waals surface area contributed by atoms with E-state index in [-0.39, 0.29) is 0 Å². The molecule has 0 amide bonds. The Morgan fingerprint density at radius 1 is 0.939 bits per heavy atom. The van der Waals surface area contributed by atoms with E-state index >= 15 is 0 Å². The lowest BCUT2D eigenvalue weighted by atomic mass is 10.1. The predicted molar refractivity (Wildman–Crippen MR) is 130 cm³/mol. The van der Waals surface area contributed by atoms with Gasteiger partial charge in [-0.1, -0.05) is 29.8 Å². The summed E-state index contributed by atoms with van der Waals surface area (Å²) in [6.07, 6.45) is 3.83. The lowest BCUT2D eigenvalue weighted by molar-refractivity contribution is 0.122. The van der Waals surface area contributed by atoms with E-state index in [1.807, 2.05) is 4.52 Å². The van der Waals surface area contributed by atoms with E-state index in [4.69, 9.17) is 19.8 Å². The Morgan fingerprint density at radius 2 is 1.73 bits per heavy atom. The summed E-state index contributed by atoms with van der Waals surface area (Å²) in [5.41, 5.74) is 7.14. The van der Waals surface area contributed by atoms with Crippen molar-refractivity contribution in [2.24, 2.45) is 0 Å². The summed E-state index contributed by atoms with van der Waals surface area (Å²) in [6.45, 7) is 5.56. The van der Waals surface area contributed by atoms with Crippen LogP contribution in [0.3, 0.4) is 0 Å². The molecule has 7 heteroatoms. The number of ether oxygens (including phenoxy) is 1. The number of aromatic nitrogens is 4. The summed E-state index contributed by atoms with van der Waals surface area (Å²) in [4.78, 5) is 12.0. The van der Waals surface area contributed by atoms with Crippen molar-refractivity contribution in [3.8, 4) is 0 Å². The molecule has 2 aromatic carbocycles. The molecule has 1 N–H and O–H groups in total. The molecule has 1 saturated heterocycles. The van der Waals surface area contributed by atoms with Crippen LogP contribution in [-0.2, 0) is 24.0 Å². The van der Waals surface area contributed by atoms with E-state index in [0.29, 0.717) is 12.2 Å². The minimum atomic E-state index is 0.671. The van der Waals surface area contributed by atoms with Gasteiger partial charge < -0.3 is 15.0 Å². The van der Waals surface area contributed by atoms with Gasteiger partial charge in [0.1, 0.15) is 5.82 Å². The van der Waals surface area contributed by atoms with Gasteiger partial charge in [0.05, 0.1) is 18.9 Å². The van der Waals surface area contributed by atoms with Gasteiger partial charge >= 0.3 is 0 Å². The maximum absolute atomic E-state index is 5.48. The van der Waals surface area contributed by atoms with Crippen molar-refractivity contribution in [3.05, 3.63) is 76.7 Å². The average Bonchev–Trinajstić information content (AvgIpc) is 3.48. The molecule has 0 spiro atoms. The summed E-state index contributed by atoms with van der Waals surface area (Å²) in [6, 6.07) is 17.2. The normalized spacial score (nSPS) is 15.7. The van der Waals surface area contributed by atoms with Crippen LogP contribution in [0.1, 0.15) is 34.6 Å². The van der Waals surface area contributed by atoms with Crippen LogP contribution in [-0.4, -0.2) is 45.9 Å². The highest BCUT2D eigenvalue weighted by Crippen LogP contribution is 2.31. The fourth-order valence-corrected chi connectivity index (χ4v) is 4.73. The van der Waals surface area contributed by atoms with Crippen LogP contribution in [0.4, 0.5) is 17.2 Å². The lowest BCUT2D eigenvalue weighted by Gasteiger charge is -2.29. The van der Waals surface area contributed by atoms with Gasteiger partial charge in [0.2, 0.25) is 0 Å². The standard InChI is InChI=1S/C26H28N6O/c1-18-5-7-19(8-6-18)17-24-29-26-28-23-4-2-3-22(23)25(32(26)30-24)27-20-9-11-21(12-10-20)31-13-15-33-16-14-31/h5-12,27H,2-4,13-17H2,1H3. The number of morpholine rings is 1. The molecule has 7 nitrogen and oxygen atoms in total. The molecule has 2 aliphatic rings. The number of fused-ring (bicyclic) bond motifs is 2. The van der Waals surface area contributed by atoms with E-state index in [1.165, 1.54) is 22.4 Å². The predicted octanol–water partition coefficient (Wildman–Crippen LogP) is 4.09. The number of anilines is 3. The first-order valence-electron chi connectivity index (χ1n) is 11.8. The number of benzene rings is 2. The van der Waals surface area contributed by atoms with E-state index in [9.17, 15) is 0 Å². The van der Waals surface area contributed by atoms with Crippen molar-refractivity contribution < 1.29 is 4.74 Å². The molecule has 0 unspecified atom stereocenters. The second kappa shape index (κ2) is 8.48. The molecular formula is C26H28N6O. The molecule has 0 saturated carbocycles. The molecule has 1 aliphatic carbocycles. The van der Waals surface area contributed by atoms with Crippen LogP contribution < -0.4 is 10.2 Å². The zero-order valence-electron chi connectivity index (χ0n) is 18.9. The Labute approximate surface area is 193 Å². The van der Waals surface area contributed by atoms with E-state index in [0.717, 1.165) is 68.6 Å². The van der Waals surface area contributed by atoms with E-state index < -0.39 is 0 Å². The van der Waals surface area contributed by atoms with Crippen molar-refractivity contribution in [2.45, 2.75) is 32.6 Å². The zero-order valence-corrected chi connectivity index (χ0v) is 18.9. The minimum absolute atomic E-state index is 0.671. The molecule has 0 atom stereocenters. The second-order valence-electron chi connectivity index (χ2n) is 8.91. The monoisotopic (exact) mass is 440 g/mol. The third kappa shape index (κ3) is 4.04. The van der Waals surface area contributed by atoms with Crippen LogP contribution >= 0.6 is 0 Å². The van der Waals surface area contributed by atoms with Gasteiger partial charge in [-0.3, -0.25) is 0 Å². The highest BCUT2D eigenvalue weighted by Gasteiger charge is 2.22. The Bertz CT molecular complexity index is 1270. The number of hydrogen-bond acceptors (Lipinski definition) is 6. The minimum Gasteiger partial charge on any atom is -0.378 e. The number of rotatable bonds is 5. The maximum atomic E-state index is 5.48. The quantitative estimate of drug-likeness (QED) is 0.504. The Kier molecular flexibility index (Phi) is 5.19. The highest BCUT2D eigenvalue weighted by molar-refractivity contribution is 5.66. The van der Waals surface area contributed by atoms with Crippen LogP contribution in [0.2, 0.25) is 0 Å². The molecule has 4 aromatic rings. The molecule has 2 aromatic heterocycles. The first-order chi connectivity index (χ1) is 16.2. The number of nitrogens with zero attached hydrogens (tertiary/aromatic N) is 5. The Hall–Kier alpha value is -3.45. The number of nitrogens with one attached hydrogen (secondary N) is 1. The molecular weight excluding hydrogens is 412 g/mol. The smallest absolute Gasteiger partial charge is 0.254 e. The van der Waals surface area contributed by atoms with Crippen molar-refractivity contribution in [3.63, 3.8) is 0 Å². The van der Waals surface area contributed by atoms with Crippen molar-refractivity contribution in [2.75, 3.05) is 36.5 Å². The van der Waals surface area contributed by atoms with Gasteiger partial charge in [-0.2, -0.15) is 9.50 Å². The summed E-state index contributed by atoms with van der Waals surface area (Å²) in [5.74, 6) is 2.46. The summed E-state index contributed by atoms with van der Waals surface area (Å²) < 4.78 is 7.37. The molecule has 6 rings (SSSR count). The largest absolute Gasteiger partial charge is 0.378 e. The Balaban J connectivity index is 1.31. The molecule has 1 aliphatic heterocycles. The van der Waals surface area contributed by atoms with E-state index in [2.05, 4.69) is 65.7 Å². The van der Waals surface area contributed by atoms with Gasteiger partial charge in [-0.25, -0.2) is 4.98 Å². The summed E-state index contributed by atoms with van der Waals surface area (Å²) in [5, 5.41) is 8.49. The van der Waals surface area contributed by atoms with Crippen LogP contribution in [0.15, 0.2) is 48.5 Å². The van der Waals surface area contributed by atoms with Crippen LogP contribution in [0.25, 0.3) is 5.78 Å². The summed E-state index contributed by atoms with van der Waals surface area (Å²) >= 11 is 0. The zero-order chi connectivity index (χ0) is 22.2. The third-order valence-corrected chi connectivity index (χ3v) is 6.54. The van der Waals surface area contributed by atoms with Crippen LogP contribution in [0, 0.1) is 6.92 Å². The lowest BCUT2D eigenvalue weighted by Crippen LogP contribution is -2.36. The SMILES string of the molecule is Cc1ccc(Cc2nc3nc4c(c(Nc5ccc(N6CCOCC6)cc5)n3n2)CCC4)cc1. The van der Waals surface area contributed by atoms with Gasteiger partial charge in [0.25, 0.3) is 5.78 Å². The fourth-order valence-electron chi connectivity index (χ4n) is 4.73. The van der Waals surface area contributed by atoms with Crippen LogP contribution in [0.5, 0.6) is 0 Å². The van der Waals surface area contributed by atoms with Gasteiger partial charge in [-0.15, -0.1) is 5.10 Å². The Morgan fingerprint density at radius 3 is 2.52 bits per heavy atom. The van der Waals surface area contributed by atoms with Gasteiger partial charge in [-0.05, 0) is 56.0 Å². The van der Waals surface area contributed by atoms with Gasteiger partial charge in [0.15, 0.2) is 5.82 Å². The molecule has 33 heavy (non-hydrogen) atoms. The highest BCUT2D eigenvalue weighted by atomic mass is 16.5. The van der Waals surface area contributed by atoms with Crippen molar-refractivity contribution in [1.29, 1.82) is 0 Å². The average molecular weight is 441 g/mol. The fraction of sp³-hybridized carbons (Fsp3) is 0.346. The molecule has 168 valence electrons. The third-order valence-electron chi connectivity index (χ3n) is 6.54. The number of aryl methyl sites for hydroxylation is 2. The van der Waals surface area contributed by atoms with E-state index in [1.54, 1.807) is 0 Å². The van der Waals surface area contributed by atoms with Crippen molar-refractivity contribution in [1.82, 2.24) is 19.6 Å². The molecule has 0 radical (unpaired) electrons. The maximum Gasteiger partial charge on any atom is 0.254 e. The molecule has 1 fully saturated rings. The molecule has 0 bridgehead atoms. The number of hydrogen-bond donors (Lipinski definition) is 1.